The molecule has 1 saturated heterocycles. The van der Waals surface area contributed by atoms with Gasteiger partial charge in [-0.15, -0.1) is 12.4 Å². The summed E-state index contributed by atoms with van der Waals surface area (Å²) in [5.41, 5.74) is 0.342. The topological polar surface area (TPSA) is 70.7 Å². The number of amides is 2. The number of carbonyl (C=O) groups is 2. The quantitative estimate of drug-likeness (QED) is 0.818. The summed E-state index contributed by atoms with van der Waals surface area (Å²) in [5, 5.41) is 6.42. The molecule has 2 amide bonds. The number of anilines is 1. The molecule has 134 valence electrons. The number of para-hydroxylation sites is 1. The van der Waals surface area contributed by atoms with Crippen molar-refractivity contribution in [3.8, 4) is 0 Å². The van der Waals surface area contributed by atoms with Gasteiger partial charge in [0.05, 0.1) is 35.0 Å². The summed E-state index contributed by atoms with van der Waals surface area (Å²) in [6.45, 7) is 2.90. The van der Waals surface area contributed by atoms with Crippen LogP contribution in [0.1, 0.15) is 6.92 Å². The molecule has 9 heteroatoms. The molecule has 0 aromatic heterocycles. The first-order valence-electron chi connectivity index (χ1n) is 7.24. The second-order valence-corrected chi connectivity index (χ2v) is 6.16. The van der Waals surface area contributed by atoms with E-state index in [4.69, 9.17) is 27.9 Å². The van der Waals surface area contributed by atoms with Gasteiger partial charge in [0.2, 0.25) is 11.8 Å². The van der Waals surface area contributed by atoms with Crippen LogP contribution in [0.4, 0.5) is 5.69 Å². The van der Waals surface area contributed by atoms with E-state index in [1.54, 1.807) is 25.2 Å². The van der Waals surface area contributed by atoms with Crippen LogP contribution < -0.4 is 10.6 Å². The fourth-order valence-electron chi connectivity index (χ4n) is 2.34. The van der Waals surface area contributed by atoms with Gasteiger partial charge in [-0.25, -0.2) is 0 Å². The smallest absolute Gasteiger partial charge is 0.244 e. The monoisotopic (exact) mass is 395 g/mol. The van der Waals surface area contributed by atoms with Crippen LogP contribution in [0.5, 0.6) is 0 Å². The van der Waals surface area contributed by atoms with Crippen LogP contribution >= 0.6 is 35.6 Å². The van der Waals surface area contributed by atoms with E-state index in [2.05, 4.69) is 10.6 Å². The summed E-state index contributed by atoms with van der Waals surface area (Å²) in [6.07, 6.45) is -0.236. The van der Waals surface area contributed by atoms with E-state index in [0.717, 1.165) is 0 Å². The van der Waals surface area contributed by atoms with E-state index < -0.39 is 6.04 Å². The van der Waals surface area contributed by atoms with Crippen molar-refractivity contribution in [2.45, 2.75) is 19.1 Å². The Labute approximate surface area is 157 Å². The van der Waals surface area contributed by atoms with E-state index >= 15 is 0 Å². The fourth-order valence-corrected chi connectivity index (χ4v) is 2.83. The standard InChI is InChI=1S/C15H19Cl2N3O3.ClH/c1-9-13(18-6-7-23-9)15(22)20(2)8-12(21)19-14-10(16)4-3-5-11(14)17;/h3-5,9,13,18H,6-8H2,1-2H3,(H,19,21);1H/t9-,13+;/m1./s1. The SMILES string of the molecule is C[C@H]1OCCN[C@@H]1C(=O)N(C)CC(=O)Nc1c(Cl)cccc1Cl.Cl. The van der Waals surface area contributed by atoms with Gasteiger partial charge in [0.25, 0.3) is 0 Å². The minimum atomic E-state index is -0.453. The summed E-state index contributed by atoms with van der Waals surface area (Å²) in [4.78, 5) is 25.9. The van der Waals surface area contributed by atoms with Crippen LogP contribution in [0.15, 0.2) is 18.2 Å². The van der Waals surface area contributed by atoms with Crippen molar-refractivity contribution >= 4 is 53.1 Å². The van der Waals surface area contributed by atoms with Crippen LogP contribution in [0, 0.1) is 0 Å². The lowest BCUT2D eigenvalue weighted by atomic mass is 10.1. The number of nitrogens with one attached hydrogen (secondary N) is 2. The van der Waals surface area contributed by atoms with Gasteiger partial charge in [0, 0.05) is 13.6 Å². The Morgan fingerprint density at radius 1 is 1.38 bits per heavy atom. The van der Waals surface area contributed by atoms with Crippen molar-refractivity contribution < 1.29 is 14.3 Å². The molecular weight excluding hydrogens is 377 g/mol. The number of morpholine rings is 1. The van der Waals surface area contributed by atoms with Crippen LogP contribution in [-0.4, -0.2) is 55.6 Å². The highest BCUT2D eigenvalue weighted by atomic mass is 35.5. The Kier molecular flexibility index (Phi) is 8.26. The zero-order valence-electron chi connectivity index (χ0n) is 13.3. The highest BCUT2D eigenvalue weighted by molar-refractivity contribution is 6.39. The highest BCUT2D eigenvalue weighted by Crippen LogP contribution is 2.29. The van der Waals surface area contributed by atoms with Gasteiger partial charge >= 0.3 is 0 Å². The molecular formula is C15H20Cl3N3O3. The fraction of sp³-hybridized carbons (Fsp3) is 0.467. The third-order valence-corrected chi connectivity index (χ3v) is 4.20. The predicted molar refractivity (Wildman–Crippen MR) is 97.2 cm³/mol. The molecule has 0 aliphatic carbocycles. The highest BCUT2D eigenvalue weighted by Gasteiger charge is 2.31. The average Bonchev–Trinajstić information content (AvgIpc) is 2.51. The van der Waals surface area contributed by atoms with Crippen molar-refractivity contribution in [2.24, 2.45) is 0 Å². The first kappa shape index (κ1) is 21.0. The lowest BCUT2D eigenvalue weighted by molar-refractivity contribution is -0.140. The van der Waals surface area contributed by atoms with Gasteiger partial charge in [0.15, 0.2) is 0 Å². The maximum absolute atomic E-state index is 12.4. The lowest BCUT2D eigenvalue weighted by Crippen LogP contribution is -2.56. The van der Waals surface area contributed by atoms with Crippen LogP contribution in [0.25, 0.3) is 0 Å². The second-order valence-electron chi connectivity index (χ2n) is 5.35. The zero-order chi connectivity index (χ0) is 17.0. The largest absolute Gasteiger partial charge is 0.375 e. The van der Waals surface area contributed by atoms with Gasteiger partial charge in [-0.3, -0.25) is 9.59 Å². The molecule has 0 spiro atoms. The number of rotatable bonds is 4. The molecule has 0 radical (unpaired) electrons. The Bertz CT molecular complexity index is 580. The zero-order valence-corrected chi connectivity index (χ0v) is 15.7. The molecule has 1 aromatic rings. The molecule has 0 saturated carbocycles. The Balaban J connectivity index is 0.00000288. The normalized spacial score (nSPS) is 20.0. The minimum absolute atomic E-state index is 0. The average molecular weight is 397 g/mol. The first-order chi connectivity index (χ1) is 10.9. The minimum Gasteiger partial charge on any atom is -0.375 e. The number of hydrogen-bond acceptors (Lipinski definition) is 4. The molecule has 2 N–H and O–H groups in total. The summed E-state index contributed by atoms with van der Waals surface area (Å²) < 4.78 is 5.45. The summed E-state index contributed by atoms with van der Waals surface area (Å²) in [7, 11) is 1.57. The molecule has 0 bridgehead atoms. The van der Waals surface area contributed by atoms with Gasteiger partial charge in [-0.2, -0.15) is 0 Å². The number of ether oxygens (including phenoxy) is 1. The van der Waals surface area contributed by atoms with Crippen molar-refractivity contribution in [2.75, 3.05) is 32.1 Å². The third-order valence-electron chi connectivity index (χ3n) is 3.57. The number of nitrogens with zero attached hydrogens (tertiary/aromatic N) is 1. The van der Waals surface area contributed by atoms with E-state index in [1.807, 2.05) is 6.92 Å². The molecule has 1 aromatic carbocycles. The molecule has 2 rings (SSSR count). The number of halogens is 3. The Morgan fingerprint density at radius 2 is 2.00 bits per heavy atom. The maximum Gasteiger partial charge on any atom is 0.244 e. The summed E-state index contributed by atoms with van der Waals surface area (Å²) in [6, 6.07) is 4.49. The predicted octanol–water partition coefficient (Wildman–Crippen LogP) is 2.19. The molecule has 2 atom stereocenters. The summed E-state index contributed by atoms with van der Waals surface area (Å²) >= 11 is 12.0. The number of hydrogen-bond donors (Lipinski definition) is 2. The Morgan fingerprint density at radius 3 is 2.58 bits per heavy atom. The van der Waals surface area contributed by atoms with Crippen molar-refractivity contribution in [1.82, 2.24) is 10.2 Å². The molecule has 0 unspecified atom stereocenters. The molecule has 1 aliphatic rings. The molecule has 1 heterocycles. The number of likely N-dealkylation sites (N-methyl/N-ethyl adjacent to an activating group) is 1. The van der Waals surface area contributed by atoms with Gasteiger partial charge in [0.1, 0.15) is 6.04 Å². The van der Waals surface area contributed by atoms with Crippen molar-refractivity contribution in [3.05, 3.63) is 28.2 Å². The van der Waals surface area contributed by atoms with Gasteiger partial charge in [-0.05, 0) is 19.1 Å². The van der Waals surface area contributed by atoms with E-state index in [9.17, 15) is 9.59 Å². The summed E-state index contributed by atoms with van der Waals surface area (Å²) in [5.74, 6) is -0.571. The number of benzene rings is 1. The molecule has 6 nitrogen and oxygen atoms in total. The Hall–Kier alpha value is -1.05. The van der Waals surface area contributed by atoms with Crippen molar-refractivity contribution in [3.63, 3.8) is 0 Å². The van der Waals surface area contributed by atoms with Gasteiger partial charge in [-0.1, -0.05) is 29.3 Å². The molecule has 1 fully saturated rings. The van der Waals surface area contributed by atoms with E-state index in [1.165, 1.54) is 4.90 Å². The van der Waals surface area contributed by atoms with Gasteiger partial charge < -0.3 is 20.3 Å². The van der Waals surface area contributed by atoms with E-state index in [-0.39, 0.29) is 36.9 Å². The van der Waals surface area contributed by atoms with Crippen LogP contribution in [0.2, 0.25) is 10.0 Å². The molecule has 1 aliphatic heterocycles. The first-order valence-corrected chi connectivity index (χ1v) is 7.99. The van der Waals surface area contributed by atoms with Crippen LogP contribution in [-0.2, 0) is 14.3 Å². The lowest BCUT2D eigenvalue weighted by Gasteiger charge is -2.32. The maximum atomic E-state index is 12.4. The van der Waals surface area contributed by atoms with E-state index in [0.29, 0.717) is 28.9 Å². The van der Waals surface area contributed by atoms with Crippen molar-refractivity contribution in [1.29, 1.82) is 0 Å². The third kappa shape index (κ3) is 5.22. The second kappa shape index (κ2) is 9.44. The molecule has 24 heavy (non-hydrogen) atoms. The number of carbonyl (C=O) groups excluding carboxylic acids is 2. The van der Waals surface area contributed by atoms with Crippen LogP contribution in [0.3, 0.4) is 0 Å².